The molecule has 1 rings (SSSR count). The van der Waals surface area contributed by atoms with E-state index in [4.69, 9.17) is 0 Å². The molecule has 0 fully saturated rings. The fourth-order valence-corrected chi connectivity index (χ4v) is 1.59. The topological polar surface area (TPSA) is 50.4 Å². The molecule has 0 spiro atoms. The van der Waals surface area contributed by atoms with E-state index in [2.05, 4.69) is 15.4 Å². The van der Waals surface area contributed by atoms with Gasteiger partial charge in [0, 0.05) is 19.0 Å². The van der Waals surface area contributed by atoms with Crippen LogP contribution in [0.1, 0.15) is 12.5 Å². The van der Waals surface area contributed by atoms with Gasteiger partial charge in [0.05, 0.1) is 0 Å². The van der Waals surface area contributed by atoms with Crippen molar-refractivity contribution in [2.45, 2.75) is 20.1 Å². The van der Waals surface area contributed by atoms with E-state index in [0.29, 0.717) is 12.1 Å². The lowest BCUT2D eigenvalue weighted by molar-refractivity contribution is -0.124. The molecule has 6 heteroatoms. The number of benzene rings is 1. The van der Waals surface area contributed by atoms with Crippen molar-refractivity contribution < 1.29 is 18.3 Å². The number of carbonyl (C=O) groups is 1. The van der Waals surface area contributed by atoms with Gasteiger partial charge in [-0.15, -0.1) is 0 Å². The van der Waals surface area contributed by atoms with Gasteiger partial charge in [0.25, 0.3) is 0 Å². The summed E-state index contributed by atoms with van der Waals surface area (Å²) in [4.78, 5) is 11.7. The third-order valence-electron chi connectivity index (χ3n) is 2.55. The van der Waals surface area contributed by atoms with Crippen LogP contribution in [0, 0.1) is 5.92 Å². The molecule has 106 valence electrons. The number of hydrogen-bond acceptors (Lipinski definition) is 3. The van der Waals surface area contributed by atoms with E-state index in [0.717, 1.165) is 0 Å². The highest BCUT2D eigenvalue weighted by Gasteiger charge is 2.11. The fourth-order valence-electron chi connectivity index (χ4n) is 1.59. The van der Waals surface area contributed by atoms with Crippen molar-refractivity contribution in [1.29, 1.82) is 0 Å². The van der Waals surface area contributed by atoms with E-state index >= 15 is 0 Å². The second-order valence-corrected chi connectivity index (χ2v) is 4.20. The monoisotopic (exact) mass is 272 g/mol. The van der Waals surface area contributed by atoms with Crippen molar-refractivity contribution in [3.63, 3.8) is 0 Å². The van der Waals surface area contributed by atoms with Gasteiger partial charge in [-0.25, -0.2) is 0 Å². The van der Waals surface area contributed by atoms with Gasteiger partial charge < -0.3 is 15.4 Å². The summed E-state index contributed by atoms with van der Waals surface area (Å²) < 4.78 is 28.4. The quantitative estimate of drug-likeness (QED) is 0.795. The number of carbonyl (C=O) groups excluding carboxylic acids is 1. The van der Waals surface area contributed by atoms with Crippen LogP contribution in [0.5, 0.6) is 5.75 Å². The summed E-state index contributed by atoms with van der Waals surface area (Å²) in [6.45, 7) is -0.170. The Kier molecular flexibility index (Phi) is 6.21. The maximum atomic E-state index is 12.1. The Balaban J connectivity index is 2.51. The minimum absolute atomic E-state index is 0.0880. The predicted molar refractivity (Wildman–Crippen MR) is 68.0 cm³/mol. The highest BCUT2D eigenvalue weighted by molar-refractivity contribution is 5.78. The molecule has 4 nitrogen and oxygen atoms in total. The summed E-state index contributed by atoms with van der Waals surface area (Å²) in [5.74, 6) is -0.148. The third kappa shape index (κ3) is 5.65. The lowest BCUT2D eigenvalue weighted by atomic mass is 10.1. The molecule has 0 aliphatic rings. The second-order valence-electron chi connectivity index (χ2n) is 4.20. The molecule has 0 saturated carbocycles. The molecule has 2 N–H and O–H groups in total. The summed E-state index contributed by atoms with van der Waals surface area (Å²) in [7, 11) is 1.77. The van der Waals surface area contributed by atoms with Gasteiger partial charge in [-0.1, -0.05) is 19.1 Å². The first kappa shape index (κ1) is 15.4. The summed E-state index contributed by atoms with van der Waals surface area (Å²) in [5, 5.41) is 5.66. The molecular weight excluding hydrogens is 254 g/mol. The van der Waals surface area contributed by atoms with Gasteiger partial charge in [0.2, 0.25) is 5.91 Å². The molecule has 0 radical (unpaired) electrons. The maximum Gasteiger partial charge on any atom is 0.387 e. The van der Waals surface area contributed by atoms with Crippen LogP contribution in [0.25, 0.3) is 0 Å². The van der Waals surface area contributed by atoms with Gasteiger partial charge in [-0.2, -0.15) is 8.78 Å². The summed E-state index contributed by atoms with van der Waals surface area (Å²) in [6.07, 6.45) is 0. The molecule has 1 aromatic rings. The van der Waals surface area contributed by atoms with Crippen molar-refractivity contribution in [2.24, 2.45) is 5.92 Å². The average Bonchev–Trinajstić information content (AvgIpc) is 2.36. The first-order valence-corrected chi connectivity index (χ1v) is 5.99. The Morgan fingerprint density at radius 2 is 2.16 bits per heavy atom. The molecular formula is C13H18F2N2O2. The average molecular weight is 272 g/mol. The van der Waals surface area contributed by atoms with E-state index in [-0.39, 0.29) is 24.1 Å². The molecule has 19 heavy (non-hydrogen) atoms. The lowest BCUT2D eigenvalue weighted by Gasteiger charge is -2.12. The number of alkyl halides is 2. The van der Waals surface area contributed by atoms with E-state index < -0.39 is 6.61 Å². The van der Waals surface area contributed by atoms with Crippen molar-refractivity contribution in [1.82, 2.24) is 10.6 Å². The zero-order valence-corrected chi connectivity index (χ0v) is 11.0. The summed E-state index contributed by atoms with van der Waals surface area (Å²) >= 11 is 0. The van der Waals surface area contributed by atoms with Crippen molar-refractivity contribution in [3.05, 3.63) is 29.8 Å². The Hall–Kier alpha value is -1.69. The zero-order chi connectivity index (χ0) is 14.3. The van der Waals surface area contributed by atoms with E-state index in [9.17, 15) is 13.6 Å². The molecule has 1 amide bonds. The Bertz CT molecular complexity index is 413. The highest BCUT2D eigenvalue weighted by atomic mass is 19.3. The number of halogens is 2. The molecule has 1 atom stereocenters. The Labute approximate surface area is 111 Å². The zero-order valence-electron chi connectivity index (χ0n) is 11.0. The van der Waals surface area contributed by atoms with Gasteiger partial charge in [0.15, 0.2) is 0 Å². The smallest absolute Gasteiger partial charge is 0.387 e. The maximum absolute atomic E-state index is 12.1. The molecule has 0 heterocycles. The highest BCUT2D eigenvalue weighted by Crippen LogP contribution is 2.15. The Morgan fingerprint density at radius 1 is 1.42 bits per heavy atom. The molecule has 0 saturated heterocycles. The number of amides is 1. The van der Waals surface area contributed by atoms with Crippen molar-refractivity contribution in [3.8, 4) is 5.75 Å². The first-order valence-electron chi connectivity index (χ1n) is 5.99. The van der Waals surface area contributed by atoms with Crippen LogP contribution in [0.15, 0.2) is 24.3 Å². The number of hydrogen-bond donors (Lipinski definition) is 2. The molecule has 0 aliphatic carbocycles. The van der Waals surface area contributed by atoms with E-state index in [1.807, 2.05) is 6.92 Å². The minimum atomic E-state index is -2.85. The minimum Gasteiger partial charge on any atom is -0.435 e. The van der Waals surface area contributed by atoms with Gasteiger partial charge in [0.1, 0.15) is 5.75 Å². The van der Waals surface area contributed by atoms with Crippen molar-refractivity contribution in [2.75, 3.05) is 13.6 Å². The number of nitrogens with one attached hydrogen (secondary N) is 2. The van der Waals surface area contributed by atoms with Crippen LogP contribution in [0.2, 0.25) is 0 Å². The SMILES string of the molecule is CNCC(C)C(=O)NCc1cccc(OC(F)F)c1. The van der Waals surface area contributed by atoms with Gasteiger partial charge in [-0.3, -0.25) is 4.79 Å². The summed E-state index contributed by atoms with van der Waals surface area (Å²) in [5.41, 5.74) is 0.711. The first-order chi connectivity index (χ1) is 9.02. The third-order valence-corrected chi connectivity index (χ3v) is 2.55. The molecule has 0 aromatic heterocycles. The molecule has 1 aromatic carbocycles. The van der Waals surface area contributed by atoms with Crippen LogP contribution in [0.3, 0.4) is 0 Å². The van der Waals surface area contributed by atoms with Crippen LogP contribution >= 0.6 is 0 Å². The van der Waals surface area contributed by atoms with Crippen LogP contribution in [0.4, 0.5) is 8.78 Å². The van der Waals surface area contributed by atoms with E-state index in [1.165, 1.54) is 12.1 Å². The second kappa shape index (κ2) is 7.68. The van der Waals surface area contributed by atoms with Gasteiger partial charge >= 0.3 is 6.61 Å². The van der Waals surface area contributed by atoms with E-state index in [1.54, 1.807) is 19.2 Å². The number of ether oxygens (including phenoxy) is 1. The fraction of sp³-hybridized carbons (Fsp3) is 0.462. The Morgan fingerprint density at radius 3 is 2.79 bits per heavy atom. The standard InChI is InChI=1S/C13H18F2N2O2/c1-9(7-16-2)12(18)17-8-10-4-3-5-11(6-10)19-13(14)15/h3-6,9,13,16H,7-8H2,1-2H3,(H,17,18). The predicted octanol–water partition coefficient (Wildman–Crippen LogP) is 1.76. The molecule has 0 aliphatic heterocycles. The van der Waals surface area contributed by atoms with Gasteiger partial charge in [-0.05, 0) is 24.7 Å². The van der Waals surface area contributed by atoms with Crippen LogP contribution in [-0.4, -0.2) is 26.1 Å². The normalized spacial score (nSPS) is 12.3. The summed E-state index contributed by atoms with van der Waals surface area (Å²) in [6, 6.07) is 6.27. The van der Waals surface area contributed by atoms with Crippen LogP contribution in [-0.2, 0) is 11.3 Å². The molecule has 1 unspecified atom stereocenters. The number of rotatable bonds is 7. The van der Waals surface area contributed by atoms with Crippen molar-refractivity contribution >= 4 is 5.91 Å². The van der Waals surface area contributed by atoms with Crippen LogP contribution < -0.4 is 15.4 Å². The lowest BCUT2D eigenvalue weighted by Crippen LogP contribution is -2.33. The largest absolute Gasteiger partial charge is 0.435 e. The molecule has 0 bridgehead atoms.